The van der Waals surface area contributed by atoms with Crippen LogP contribution in [-0.2, 0) is 24.9 Å². The third-order valence-corrected chi connectivity index (χ3v) is 7.55. The van der Waals surface area contributed by atoms with Crippen LogP contribution in [0.3, 0.4) is 0 Å². The van der Waals surface area contributed by atoms with Crippen molar-refractivity contribution in [2.45, 2.75) is 58.7 Å². The average Bonchev–Trinajstić information content (AvgIpc) is 3.17. The summed E-state index contributed by atoms with van der Waals surface area (Å²) in [6, 6.07) is 13.4. The van der Waals surface area contributed by atoms with Crippen molar-refractivity contribution in [1.29, 1.82) is 0 Å². The molecule has 9 heteroatoms. The summed E-state index contributed by atoms with van der Waals surface area (Å²) in [6.07, 6.45) is 0.824. The number of hydrogen-bond donors (Lipinski definition) is 2. The van der Waals surface area contributed by atoms with E-state index in [-0.39, 0.29) is 24.0 Å². The molecule has 198 valence electrons. The van der Waals surface area contributed by atoms with Crippen molar-refractivity contribution in [3.8, 4) is 5.75 Å². The molecule has 2 aromatic carbocycles. The summed E-state index contributed by atoms with van der Waals surface area (Å²) in [5, 5.41) is 18.3. The fourth-order valence-electron chi connectivity index (χ4n) is 5.39. The predicted octanol–water partition coefficient (Wildman–Crippen LogP) is 4.05. The van der Waals surface area contributed by atoms with E-state index >= 15 is 0 Å². The van der Waals surface area contributed by atoms with Crippen LogP contribution in [0.5, 0.6) is 5.75 Å². The lowest BCUT2D eigenvalue weighted by molar-refractivity contribution is -0.137. The van der Waals surface area contributed by atoms with Gasteiger partial charge in [-0.2, -0.15) is 0 Å². The third kappa shape index (κ3) is 5.06. The van der Waals surface area contributed by atoms with Crippen LogP contribution in [0.4, 0.5) is 0 Å². The molecular formula is C29H33N5O4. The Morgan fingerprint density at radius 2 is 2.03 bits per heavy atom. The first-order chi connectivity index (χ1) is 18.2. The average molecular weight is 516 g/mol. The summed E-state index contributed by atoms with van der Waals surface area (Å²) < 4.78 is 7.91. The van der Waals surface area contributed by atoms with Gasteiger partial charge in [-0.15, -0.1) is 5.10 Å². The molecule has 0 saturated heterocycles. The van der Waals surface area contributed by atoms with Gasteiger partial charge in [-0.05, 0) is 60.2 Å². The molecule has 0 amide bonds. The lowest BCUT2D eigenvalue weighted by Crippen LogP contribution is -2.32. The molecule has 5 rings (SSSR count). The monoisotopic (exact) mass is 515 g/mol. The van der Waals surface area contributed by atoms with Crippen LogP contribution in [0.2, 0.25) is 0 Å². The Morgan fingerprint density at radius 3 is 2.79 bits per heavy atom. The highest BCUT2D eigenvalue weighted by atomic mass is 16.5. The van der Waals surface area contributed by atoms with Gasteiger partial charge in [0.05, 0.1) is 17.6 Å². The number of ether oxygens (including phenoxy) is 1. The summed E-state index contributed by atoms with van der Waals surface area (Å²) in [5.41, 5.74) is 7.41. The zero-order chi connectivity index (χ0) is 27.0. The maximum absolute atomic E-state index is 12.0. The first-order valence-electron chi connectivity index (χ1n) is 12.9. The first kappa shape index (κ1) is 25.7. The van der Waals surface area contributed by atoms with Crippen molar-refractivity contribution >= 4 is 17.0 Å². The standard InChI is InChI=1S/C29H33N5O4/c1-5-21-15-34(16-24-26(38-21)10-11-27(35)30-24)14-20-12-19(7-6-17(20)2)23(13-28(36)37)22-8-9-25-29(18(22)3)31-32-33(25)4/h6-12,21,23H,5,13-16H2,1-4H3,(H,30,35)(H,36,37)/t21-,23+/m1/s1. The second-order valence-corrected chi connectivity index (χ2v) is 10.2. The minimum Gasteiger partial charge on any atom is -0.487 e. The number of aromatic nitrogens is 4. The predicted molar refractivity (Wildman–Crippen MR) is 144 cm³/mol. The van der Waals surface area contributed by atoms with Gasteiger partial charge in [0, 0.05) is 38.7 Å². The van der Waals surface area contributed by atoms with Crippen LogP contribution in [-0.4, -0.2) is 48.6 Å². The first-order valence-corrected chi connectivity index (χ1v) is 12.9. The number of fused-ring (bicyclic) bond motifs is 2. The number of hydrogen-bond acceptors (Lipinski definition) is 6. The molecule has 0 saturated carbocycles. The van der Waals surface area contributed by atoms with Crippen molar-refractivity contribution in [2.24, 2.45) is 7.05 Å². The van der Waals surface area contributed by atoms with E-state index in [2.05, 4.69) is 46.2 Å². The second kappa shape index (κ2) is 10.4. The Balaban J connectivity index is 1.50. The van der Waals surface area contributed by atoms with E-state index in [0.717, 1.165) is 63.3 Å². The molecular weight excluding hydrogens is 482 g/mol. The molecule has 0 aliphatic carbocycles. The van der Waals surface area contributed by atoms with Gasteiger partial charge in [-0.1, -0.05) is 36.4 Å². The fourth-order valence-corrected chi connectivity index (χ4v) is 5.39. The van der Waals surface area contributed by atoms with E-state index in [0.29, 0.717) is 13.1 Å². The van der Waals surface area contributed by atoms with Crippen LogP contribution < -0.4 is 10.3 Å². The molecule has 0 unspecified atom stereocenters. The number of H-pyrrole nitrogens is 1. The molecule has 1 aliphatic rings. The summed E-state index contributed by atoms with van der Waals surface area (Å²) in [7, 11) is 1.85. The minimum atomic E-state index is -0.855. The molecule has 9 nitrogen and oxygen atoms in total. The Kier molecular flexibility index (Phi) is 7.03. The van der Waals surface area contributed by atoms with E-state index in [4.69, 9.17) is 4.74 Å². The normalized spacial score (nSPS) is 16.6. The fraction of sp³-hybridized carbons (Fsp3) is 0.379. The maximum Gasteiger partial charge on any atom is 0.304 e. The number of benzene rings is 2. The van der Waals surface area contributed by atoms with Crippen LogP contribution >= 0.6 is 0 Å². The second-order valence-electron chi connectivity index (χ2n) is 10.2. The van der Waals surface area contributed by atoms with E-state index in [1.165, 1.54) is 6.07 Å². The third-order valence-electron chi connectivity index (χ3n) is 7.55. The molecule has 3 heterocycles. The van der Waals surface area contributed by atoms with Crippen LogP contribution in [0.15, 0.2) is 47.3 Å². The Bertz CT molecular complexity index is 1560. The number of pyridine rings is 1. The summed E-state index contributed by atoms with van der Waals surface area (Å²) in [5.74, 6) is -0.459. The minimum absolute atomic E-state index is 0.00626. The number of aromatic amines is 1. The summed E-state index contributed by atoms with van der Waals surface area (Å²) in [6.45, 7) is 8.08. The highest BCUT2D eigenvalue weighted by molar-refractivity contribution is 5.80. The number of aryl methyl sites for hydroxylation is 3. The molecule has 1 aliphatic heterocycles. The molecule has 0 spiro atoms. The van der Waals surface area contributed by atoms with Gasteiger partial charge in [0.25, 0.3) is 0 Å². The molecule has 0 radical (unpaired) electrons. The molecule has 0 fully saturated rings. The smallest absolute Gasteiger partial charge is 0.304 e. The van der Waals surface area contributed by atoms with Gasteiger partial charge in [-0.25, -0.2) is 4.68 Å². The zero-order valence-corrected chi connectivity index (χ0v) is 22.2. The lowest BCUT2D eigenvalue weighted by atomic mass is 9.84. The number of nitrogens with zero attached hydrogens (tertiary/aromatic N) is 4. The van der Waals surface area contributed by atoms with Gasteiger partial charge in [-0.3, -0.25) is 14.5 Å². The summed E-state index contributed by atoms with van der Waals surface area (Å²) >= 11 is 0. The highest BCUT2D eigenvalue weighted by Crippen LogP contribution is 2.34. The number of carbonyl (C=O) groups is 1. The topological polar surface area (TPSA) is 113 Å². The quantitative estimate of drug-likeness (QED) is 0.382. The van der Waals surface area contributed by atoms with E-state index < -0.39 is 5.97 Å². The SMILES string of the molecule is CC[C@@H]1CN(Cc2cc([C@H](CC(=O)O)c3ccc4c(nnn4C)c3C)ccc2C)Cc2[nH]c(=O)ccc2O1. The molecule has 2 aromatic heterocycles. The number of carboxylic acid groups (broad SMARTS) is 1. The largest absolute Gasteiger partial charge is 0.487 e. The molecule has 38 heavy (non-hydrogen) atoms. The van der Waals surface area contributed by atoms with Crippen LogP contribution in [0.1, 0.15) is 59.2 Å². The highest BCUT2D eigenvalue weighted by Gasteiger charge is 2.25. The summed E-state index contributed by atoms with van der Waals surface area (Å²) in [4.78, 5) is 29.2. The van der Waals surface area contributed by atoms with Gasteiger partial charge in [0.15, 0.2) is 0 Å². The molecule has 2 N–H and O–H groups in total. The van der Waals surface area contributed by atoms with E-state index in [9.17, 15) is 14.7 Å². The van der Waals surface area contributed by atoms with Gasteiger partial charge < -0.3 is 14.8 Å². The molecule has 4 aromatic rings. The van der Waals surface area contributed by atoms with Gasteiger partial charge in [0.1, 0.15) is 17.4 Å². The number of aliphatic carboxylic acids is 1. The van der Waals surface area contributed by atoms with Gasteiger partial charge in [0.2, 0.25) is 5.56 Å². The van der Waals surface area contributed by atoms with Crippen LogP contribution in [0, 0.1) is 13.8 Å². The molecule has 0 bridgehead atoms. The Morgan fingerprint density at radius 1 is 1.21 bits per heavy atom. The van der Waals surface area contributed by atoms with E-state index in [1.807, 2.05) is 32.2 Å². The lowest BCUT2D eigenvalue weighted by Gasteiger charge is -2.25. The van der Waals surface area contributed by atoms with E-state index in [1.54, 1.807) is 10.7 Å². The number of carboxylic acids is 1. The van der Waals surface area contributed by atoms with Crippen molar-refractivity contribution in [3.05, 3.63) is 86.3 Å². The number of rotatable bonds is 7. The van der Waals surface area contributed by atoms with Crippen molar-refractivity contribution in [1.82, 2.24) is 24.9 Å². The van der Waals surface area contributed by atoms with Crippen LogP contribution in [0.25, 0.3) is 11.0 Å². The van der Waals surface area contributed by atoms with Crippen molar-refractivity contribution in [2.75, 3.05) is 6.54 Å². The number of nitrogens with one attached hydrogen (secondary N) is 1. The zero-order valence-electron chi connectivity index (χ0n) is 22.2. The maximum atomic E-state index is 12.0. The van der Waals surface area contributed by atoms with Gasteiger partial charge >= 0.3 is 5.97 Å². The Labute approximate surface area is 221 Å². The molecule has 2 atom stereocenters. The van der Waals surface area contributed by atoms with Crippen molar-refractivity contribution < 1.29 is 14.6 Å². The Hall–Kier alpha value is -3.98. The van der Waals surface area contributed by atoms with Crippen molar-refractivity contribution in [3.63, 3.8) is 0 Å².